The Hall–Kier alpha value is -0.830. The summed E-state index contributed by atoms with van der Waals surface area (Å²) in [5, 5.41) is 1.76. The van der Waals surface area contributed by atoms with Crippen molar-refractivity contribution in [3.8, 4) is 0 Å². The van der Waals surface area contributed by atoms with E-state index in [1.165, 1.54) is 10.8 Å². The molecule has 2 aromatic heterocycles. The quantitative estimate of drug-likeness (QED) is 0.514. The molecule has 0 bridgehead atoms. The first-order chi connectivity index (χ1) is 10.3. The van der Waals surface area contributed by atoms with Crippen LogP contribution in [0.15, 0.2) is 57.7 Å². The maximum Gasteiger partial charge on any atom is 0.318 e. The maximum atomic E-state index is 11.1. The standard InChI is InChI=1S/C13H12N2O2S4/c1-2-12(16)17-21-20-13-10(6-5-9-15-13)18-19-11-7-3-4-8-14-11/h3-9H,2H2,1H3. The molecule has 0 aliphatic carbocycles. The van der Waals surface area contributed by atoms with Gasteiger partial charge in [0.05, 0.1) is 4.90 Å². The molecule has 0 amide bonds. The van der Waals surface area contributed by atoms with Crippen molar-refractivity contribution in [3.05, 3.63) is 42.7 Å². The number of nitrogens with zero attached hydrogens (tertiary/aromatic N) is 2. The Morgan fingerprint density at radius 2 is 1.95 bits per heavy atom. The molecule has 8 heteroatoms. The minimum absolute atomic E-state index is 0.236. The fourth-order valence-corrected chi connectivity index (χ4v) is 5.06. The van der Waals surface area contributed by atoms with E-state index in [2.05, 4.69) is 9.97 Å². The summed E-state index contributed by atoms with van der Waals surface area (Å²) in [5.74, 6) is -0.236. The molecular weight excluding hydrogens is 344 g/mol. The highest BCUT2D eigenvalue weighted by Gasteiger charge is 2.09. The van der Waals surface area contributed by atoms with Gasteiger partial charge in [0.25, 0.3) is 0 Å². The molecule has 110 valence electrons. The van der Waals surface area contributed by atoms with Crippen LogP contribution in [0.3, 0.4) is 0 Å². The summed E-state index contributed by atoms with van der Waals surface area (Å²) in [6.45, 7) is 1.76. The lowest BCUT2D eigenvalue weighted by molar-refractivity contribution is -0.132. The van der Waals surface area contributed by atoms with Crippen LogP contribution < -0.4 is 0 Å². The Balaban J connectivity index is 1.92. The fourth-order valence-electron chi connectivity index (χ4n) is 1.13. The average molecular weight is 357 g/mol. The average Bonchev–Trinajstić information content (AvgIpc) is 2.54. The van der Waals surface area contributed by atoms with E-state index in [0.29, 0.717) is 6.42 Å². The van der Waals surface area contributed by atoms with Crippen molar-refractivity contribution in [2.24, 2.45) is 0 Å². The van der Waals surface area contributed by atoms with Gasteiger partial charge in [-0.25, -0.2) is 9.97 Å². The van der Waals surface area contributed by atoms with Gasteiger partial charge >= 0.3 is 5.97 Å². The normalized spacial score (nSPS) is 10.3. The van der Waals surface area contributed by atoms with Gasteiger partial charge in [-0.1, -0.05) is 13.0 Å². The predicted octanol–water partition coefficient (Wildman–Crippen LogP) is 4.88. The smallest absolute Gasteiger partial charge is 0.318 e. The van der Waals surface area contributed by atoms with Gasteiger partial charge in [0.1, 0.15) is 21.1 Å². The van der Waals surface area contributed by atoms with Crippen LogP contribution in [0.25, 0.3) is 0 Å². The lowest BCUT2D eigenvalue weighted by Crippen LogP contribution is -1.93. The third-order valence-corrected chi connectivity index (χ3v) is 6.24. The number of aromatic nitrogens is 2. The molecule has 0 fully saturated rings. The van der Waals surface area contributed by atoms with Crippen molar-refractivity contribution in [2.45, 2.75) is 28.3 Å². The molecule has 0 spiro atoms. The van der Waals surface area contributed by atoms with Crippen molar-refractivity contribution in [2.75, 3.05) is 0 Å². The SMILES string of the molecule is CCC(=O)OSSc1ncccc1SSc1ccccn1. The zero-order valence-corrected chi connectivity index (χ0v) is 14.4. The molecule has 0 aromatic carbocycles. The fraction of sp³-hybridized carbons (Fsp3) is 0.154. The van der Waals surface area contributed by atoms with Crippen LogP contribution in [-0.4, -0.2) is 15.9 Å². The van der Waals surface area contributed by atoms with Gasteiger partial charge in [-0.15, -0.1) is 0 Å². The van der Waals surface area contributed by atoms with E-state index in [1.807, 2.05) is 30.3 Å². The minimum Gasteiger partial charge on any atom is -0.379 e. The predicted molar refractivity (Wildman–Crippen MR) is 90.0 cm³/mol. The van der Waals surface area contributed by atoms with E-state index in [-0.39, 0.29) is 5.97 Å². The molecular formula is C13H12N2O2S4. The largest absolute Gasteiger partial charge is 0.379 e. The Morgan fingerprint density at radius 1 is 1.10 bits per heavy atom. The van der Waals surface area contributed by atoms with Gasteiger partial charge < -0.3 is 4.18 Å². The maximum absolute atomic E-state index is 11.1. The molecule has 0 aliphatic heterocycles. The Morgan fingerprint density at radius 3 is 2.71 bits per heavy atom. The Bertz CT molecular complexity index is 583. The summed E-state index contributed by atoms with van der Waals surface area (Å²) in [4.78, 5) is 20.7. The number of hydrogen-bond donors (Lipinski definition) is 0. The van der Waals surface area contributed by atoms with Crippen molar-refractivity contribution in [3.63, 3.8) is 0 Å². The number of carbonyl (C=O) groups is 1. The lowest BCUT2D eigenvalue weighted by atomic mass is 10.5. The second-order valence-electron chi connectivity index (χ2n) is 3.60. The van der Waals surface area contributed by atoms with Gasteiger partial charge in [-0.05, 0) is 45.9 Å². The van der Waals surface area contributed by atoms with Crippen molar-refractivity contribution < 1.29 is 8.98 Å². The molecule has 0 unspecified atom stereocenters. The number of hydrogen-bond acceptors (Lipinski definition) is 8. The van der Waals surface area contributed by atoms with Crippen LogP contribution in [-0.2, 0) is 8.98 Å². The van der Waals surface area contributed by atoms with Crippen molar-refractivity contribution in [1.82, 2.24) is 9.97 Å². The summed E-state index contributed by atoms with van der Waals surface area (Å²) >= 11 is 1.04. The highest BCUT2D eigenvalue weighted by Crippen LogP contribution is 2.43. The van der Waals surface area contributed by atoms with Gasteiger partial charge in [0, 0.05) is 29.6 Å². The number of rotatable bonds is 7. The summed E-state index contributed by atoms with van der Waals surface area (Å²) in [7, 11) is 4.48. The molecule has 21 heavy (non-hydrogen) atoms. The van der Waals surface area contributed by atoms with Crippen LogP contribution >= 0.6 is 43.5 Å². The molecule has 4 nitrogen and oxygen atoms in total. The first-order valence-corrected chi connectivity index (χ1v) is 10.3. The zero-order chi connectivity index (χ0) is 14.9. The molecule has 0 N–H and O–H groups in total. The number of carbonyl (C=O) groups excluding carboxylic acids is 1. The van der Waals surface area contributed by atoms with Gasteiger partial charge in [0.2, 0.25) is 0 Å². The molecule has 0 saturated heterocycles. The molecule has 2 aromatic rings. The van der Waals surface area contributed by atoms with Gasteiger partial charge in [-0.3, -0.25) is 4.79 Å². The van der Waals surface area contributed by atoms with Crippen LogP contribution in [0.5, 0.6) is 0 Å². The van der Waals surface area contributed by atoms with Crippen LogP contribution in [0.2, 0.25) is 0 Å². The summed E-state index contributed by atoms with van der Waals surface area (Å²) in [6.07, 6.45) is 3.86. The monoisotopic (exact) mass is 356 g/mol. The molecule has 0 aliphatic rings. The Labute approximate surface area is 139 Å². The highest BCUT2D eigenvalue weighted by atomic mass is 33.1. The topological polar surface area (TPSA) is 52.1 Å². The van der Waals surface area contributed by atoms with Crippen molar-refractivity contribution >= 4 is 49.4 Å². The molecule has 2 rings (SSSR count). The summed E-state index contributed by atoms with van der Waals surface area (Å²) < 4.78 is 4.99. The molecule has 2 heterocycles. The molecule has 0 saturated carbocycles. The summed E-state index contributed by atoms with van der Waals surface area (Å²) in [5.41, 5.74) is 0. The van der Waals surface area contributed by atoms with E-state index in [0.717, 1.165) is 26.0 Å². The second-order valence-corrected chi connectivity index (χ2v) is 7.56. The highest BCUT2D eigenvalue weighted by molar-refractivity contribution is 8.77. The second kappa shape index (κ2) is 9.24. The van der Waals surface area contributed by atoms with Crippen LogP contribution in [0.1, 0.15) is 13.3 Å². The van der Waals surface area contributed by atoms with E-state index >= 15 is 0 Å². The van der Waals surface area contributed by atoms with E-state index in [4.69, 9.17) is 4.18 Å². The molecule has 0 radical (unpaired) electrons. The van der Waals surface area contributed by atoms with E-state index in [1.54, 1.807) is 40.9 Å². The third kappa shape index (κ3) is 5.82. The van der Waals surface area contributed by atoms with E-state index < -0.39 is 0 Å². The summed E-state index contributed by atoms with van der Waals surface area (Å²) in [6, 6.07) is 9.67. The van der Waals surface area contributed by atoms with Crippen LogP contribution in [0.4, 0.5) is 0 Å². The zero-order valence-electron chi connectivity index (χ0n) is 11.1. The first kappa shape index (κ1) is 16.5. The first-order valence-electron chi connectivity index (χ1n) is 6.04. The van der Waals surface area contributed by atoms with Crippen LogP contribution in [0, 0.1) is 0 Å². The lowest BCUT2D eigenvalue weighted by Gasteiger charge is -2.05. The van der Waals surface area contributed by atoms with E-state index in [9.17, 15) is 4.79 Å². The van der Waals surface area contributed by atoms with Gasteiger partial charge in [-0.2, -0.15) is 0 Å². The third-order valence-electron chi connectivity index (χ3n) is 2.12. The van der Waals surface area contributed by atoms with Crippen molar-refractivity contribution in [1.29, 1.82) is 0 Å². The van der Waals surface area contributed by atoms with Gasteiger partial charge in [0.15, 0.2) is 0 Å². The molecule has 0 atom stereocenters. The number of pyridine rings is 2. The minimum atomic E-state index is -0.236. The Kier molecular flexibility index (Phi) is 7.28.